The minimum atomic E-state index is -0.664. The van der Waals surface area contributed by atoms with Gasteiger partial charge in [-0.2, -0.15) is 5.10 Å². The second-order valence-corrected chi connectivity index (χ2v) is 5.67. The minimum absolute atomic E-state index is 0. The number of carbonyl (C=O) groups excluding carboxylic acids is 1. The van der Waals surface area contributed by atoms with Crippen LogP contribution in [0.2, 0.25) is 0 Å². The van der Waals surface area contributed by atoms with Crippen molar-refractivity contribution in [3.8, 4) is 0 Å². The lowest BCUT2D eigenvalue weighted by Gasteiger charge is -2.31. The Hall–Kier alpha value is -1.07. The highest BCUT2D eigenvalue weighted by molar-refractivity contribution is 5.86. The quantitative estimate of drug-likeness (QED) is 0.893. The van der Waals surface area contributed by atoms with Crippen LogP contribution >= 0.6 is 12.4 Å². The number of halogens is 1. The maximum atomic E-state index is 12.3. The van der Waals surface area contributed by atoms with Crippen molar-refractivity contribution >= 4 is 18.3 Å². The highest BCUT2D eigenvalue weighted by Crippen LogP contribution is 2.26. The summed E-state index contributed by atoms with van der Waals surface area (Å²) in [6.07, 6.45) is 4.88. The molecule has 114 valence electrons. The van der Waals surface area contributed by atoms with Gasteiger partial charge in [0.1, 0.15) is 0 Å². The second kappa shape index (κ2) is 6.59. The van der Waals surface area contributed by atoms with Gasteiger partial charge < -0.3 is 11.1 Å². The monoisotopic (exact) mass is 300 g/mol. The number of amides is 1. The zero-order chi connectivity index (χ0) is 14.0. The van der Waals surface area contributed by atoms with Gasteiger partial charge in [0, 0.05) is 24.8 Å². The number of nitrogens with two attached hydrogens (primary N) is 1. The highest BCUT2D eigenvalue weighted by atomic mass is 35.5. The molecular formula is C14H25ClN4O. The Morgan fingerprint density at radius 1 is 1.35 bits per heavy atom. The Kier molecular flexibility index (Phi) is 5.59. The van der Waals surface area contributed by atoms with Gasteiger partial charge in [0.05, 0.1) is 11.2 Å². The Morgan fingerprint density at radius 2 is 1.95 bits per heavy atom. The van der Waals surface area contributed by atoms with Crippen molar-refractivity contribution in [1.82, 2.24) is 15.1 Å². The van der Waals surface area contributed by atoms with E-state index >= 15 is 0 Å². The van der Waals surface area contributed by atoms with E-state index in [1.165, 1.54) is 6.42 Å². The standard InChI is InChI=1S/C14H24N4O.ClH/c1-10-12(11(2)18(3)17-10)9-16-13(19)14(15)7-5-4-6-8-14;/h4-9,15H2,1-3H3,(H,16,19);1H. The number of carbonyl (C=O) groups is 1. The molecule has 0 unspecified atom stereocenters. The van der Waals surface area contributed by atoms with Crippen LogP contribution in [0.4, 0.5) is 0 Å². The first-order valence-corrected chi connectivity index (χ1v) is 7.00. The zero-order valence-electron chi connectivity index (χ0n) is 12.5. The molecule has 1 heterocycles. The van der Waals surface area contributed by atoms with Gasteiger partial charge >= 0.3 is 0 Å². The lowest BCUT2D eigenvalue weighted by molar-refractivity contribution is -0.127. The van der Waals surface area contributed by atoms with Gasteiger partial charge in [-0.3, -0.25) is 9.48 Å². The molecule has 0 saturated heterocycles. The van der Waals surface area contributed by atoms with Crippen molar-refractivity contribution in [1.29, 1.82) is 0 Å². The fourth-order valence-electron chi connectivity index (χ4n) is 2.83. The van der Waals surface area contributed by atoms with Crippen molar-refractivity contribution < 1.29 is 4.79 Å². The van der Waals surface area contributed by atoms with Gasteiger partial charge in [0.2, 0.25) is 5.91 Å². The van der Waals surface area contributed by atoms with E-state index in [-0.39, 0.29) is 18.3 Å². The lowest BCUT2D eigenvalue weighted by atomic mass is 9.82. The van der Waals surface area contributed by atoms with Gasteiger partial charge in [-0.05, 0) is 26.7 Å². The predicted octanol–water partition coefficient (Wildman–Crippen LogP) is 1.74. The Bertz CT molecular complexity index is 478. The highest BCUT2D eigenvalue weighted by Gasteiger charge is 2.35. The van der Waals surface area contributed by atoms with Crippen LogP contribution in [0.25, 0.3) is 0 Å². The van der Waals surface area contributed by atoms with Crippen LogP contribution in [0.5, 0.6) is 0 Å². The zero-order valence-corrected chi connectivity index (χ0v) is 13.3. The maximum absolute atomic E-state index is 12.3. The molecule has 1 aromatic heterocycles. The fourth-order valence-corrected chi connectivity index (χ4v) is 2.83. The van der Waals surface area contributed by atoms with Gasteiger partial charge in [-0.25, -0.2) is 0 Å². The van der Waals surface area contributed by atoms with Crippen LogP contribution in [0.1, 0.15) is 49.1 Å². The van der Waals surface area contributed by atoms with Crippen molar-refractivity contribution in [2.24, 2.45) is 12.8 Å². The largest absolute Gasteiger partial charge is 0.350 e. The van der Waals surface area contributed by atoms with Gasteiger partial charge in [0.15, 0.2) is 0 Å². The SMILES string of the molecule is Cc1nn(C)c(C)c1CNC(=O)C1(N)CCCCC1.Cl. The van der Waals surface area contributed by atoms with Crippen LogP contribution in [0, 0.1) is 13.8 Å². The van der Waals surface area contributed by atoms with Gasteiger partial charge in [-0.1, -0.05) is 19.3 Å². The minimum Gasteiger partial charge on any atom is -0.350 e. The Labute approximate surface area is 126 Å². The number of nitrogens with one attached hydrogen (secondary N) is 1. The molecule has 0 aromatic carbocycles. The molecule has 20 heavy (non-hydrogen) atoms. The molecule has 6 heteroatoms. The number of rotatable bonds is 3. The number of nitrogens with zero attached hydrogens (tertiary/aromatic N) is 2. The van der Waals surface area contributed by atoms with E-state index in [4.69, 9.17) is 5.73 Å². The molecule has 3 N–H and O–H groups in total. The van der Waals surface area contributed by atoms with E-state index in [0.717, 1.165) is 42.6 Å². The van der Waals surface area contributed by atoms with Crippen LogP contribution in [0.3, 0.4) is 0 Å². The molecule has 0 radical (unpaired) electrons. The van der Waals surface area contributed by atoms with E-state index in [1.807, 2.05) is 25.6 Å². The molecule has 0 atom stereocenters. The van der Waals surface area contributed by atoms with Gasteiger partial charge in [0.25, 0.3) is 0 Å². The molecule has 0 bridgehead atoms. The first-order valence-electron chi connectivity index (χ1n) is 7.00. The lowest BCUT2D eigenvalue weighted by Crippen LogP contribution is -2.54. The smallest absolute Gasteiger partial charge is 0.240 e. The summed E-state index contributed by atoms with van der Waals surface area (Å²) in [4.78, 5) is 12.3. The third kappa shape index (κ3) is 3.33. The predicted molar refractivity (Wildman–Crippen MR) is 81.8 cm³/mol. The molecule has 1 saturated carbocycles. The van der Waals surface area contributed by atoms with Crippen LogP contribution < -0.4 is 11.1 Å². The third-order valence-electron chi connectivity index (χ3n) is 4.28. The number of aryl methyl sites for hydroxylation is 2. The average molecular weight is 301 g/mol. The van der Waals surface area contributed by atoms with E-state index in [9.17, 15) is 4.79 Å². The molecule has 0 aliphatic heterocycles. The van der Waals surface area contributed by atoms with Crippen molar-refractivity contribution in [2.45, 2.75) is 58.0 Å². The molecule has 5 nitrogen and oxygen atoms in total. The normalized spacial score (nSPS) is 17.4. The molecule has 1 amide bonds. The summed E-state index contributed by atoms with van der Waals surface area (Å²) < 4.78 is 1.84. The maximum Gasteiger partial charge on any atom is 0.240 e. The summed E-state index contributed by atoms with van der Waals surface area (Å²) in [6.45, 7) is 4.50. The van der Waals surface area contributed by atoms with Crippen LogP contribution in [0.15, 0.2) is 0 Å². The molecule has 1 aliphatic carbocycles. The molecule has 2 rings (SSSR count). The molecular weight excluding hydrogens is 276 g/mol. The Morgan fingerprint density at radius 3 is 2.45 bits per heavy atom. The van der Waals surface area contributed by atoms with Crippen LogP contribution in [-0.4, -0.2) is 21.2 Å². The summed E-state index contributed by atoms with van der Waals surface area (Å²) in [5, 5.41) is 7.34. The molecule has 1 aromatic rings. The summed E-state index contributed by atoms with van der Waals surface area (Å²) in [5.41, 5.74) is 8.70. The molecule has 1 aliphatic rings. The summed E-state index contributed by atoms with van der Waals surface area (Å²) in [5.74, 6) is -0.0187. The second-order valence-electron chi connectivity index (χ2n) is 5.67. The van der Waals surface area contributed by atoms with E-state index in [1.54, 1.807) is 0 Å². The molecule has 1 fully saturated rings. The fraction of sp³-hybridized carbons (Fsp3) is 0.714. The van der Waals surface area contributed by atoms with Crippen molar-refractivity contribution in [2.75, 3.05) is 0 Å². The summed E-state index contributed by atoms with van der Waals surface area (Å²) >= 11 is 0. The summed E-state index contributed by atoms with van der Waals surface area (Å²) in [6, 6.07) is 0. The van der Waals surface area contributed by atoms with E-state index in [2.05, 4.69) is 10.4 Å². The number of hydrogen-bond acceptors (Lipinski definition) is 3. The first kappa shape index (κ1) is 17.0. The first-order chi connectivity index (χ1) is 8.94. The Balaban J connectivity index is 0.00000200. The molecule has 0 spiro atoms. The van der Waals surface area contributed by atoms with E-state index in [0.29, 0.717) is 6.54 Å². The van der Waals surface area contributed by atoms with Crippen molar-refractivity contribution in [3.05, 3.63) is 17.0 Å². The number of aromatic nitrogens is 2. The average Bonchev–Trinajstić information content (AvgIpc) is 2.62. The van der Waals surface area contributed by atoms with Crippen molar-refractivity contribution in [3.63, 3.8) is 0 Å². The topological polar surface area (TPSA) is 72.9 Å². The third-order valence-corrected chi connectivity index (χ3v) is 4.28. The van der Waals surface area contributed by atoms with Crippen LogP contribution in [-0.2, 0) is 18.4 Å². The summed E-state index contributed by atoms with van der Waals surface area (Å²) in [7, 11) is 1.92. The van der Waals surface area contributed by atoms with E-state index < -0.39 is 5.54 Å². The number of hydrogen-bond donors (Lipinski definition) is 2. The van der Waals surface area contributed by atoms with Gasteiger partial charge in [-0.15, -0.1) is 12.4 Å².